The van der Waals surface area contributed by atoms with Crippen LogP contribution in [0.3, 0.4) is 0 Å². The standard InChI is InChI=1S/C17H26N2O2/c1-13-6-8-15(9-7-13)21-11-10-17(20)19-16-5-3-2-4-14(16)12-18/h2-5,13,15H,6-12,18H2,1H3,(H,19,20). The van der Waals surface area contributed by atoms with Gasteiger partial charge in [-0.15, -0.1) is 0 Å². The van der Waals surface area contributed by atoms with Gasteiger partial charge in [0.2, 0.25) is 5.91 Å². The van der Waals surface area contributed by atoms with E-state index in [1.807, 2.05) is 24.3 Å². The van der Waals surface area contributed by atoms with E-state index < -0.39 is 0 Å². The first kappa shape index (κ1) is 16.0. The topological polar surface area (TPSA) is 64.3 Å². The van der Waals surface area contributed by atoms with Crippen molar-refractivity contribution >= 4 is 11.6 Å². The molecule has 4 nitrogen and oxygen atoms in total. The molecule has 2 rings (SSSR count). The lowest BCUT2D eigenvalue weighted by atomic mass is 9.89. The first-order chi connectivity index (χ1) is 10.2. The van der Waals surface area contributed by atoms with Gasteiger partial charge in [0.1, 0.15) is 0 Å². The molecule has 0 radical (unpaired) electrons. The highest BCUT2D eigenvalue weighted by atomic mass is 16.5. The van der Waals surface area contributed by atoms with Crippen LogP contribution in [-0.2, 0) is 16.1 Å². The Morgan fingerprint density at radius 2 is 2.00 bits per heavy atom. The monoisotopic (exact) mass is 290 g/mol. The van der Waals surface area contributed by atoms with Gasteiger partial charge < -0.3 is 15.8 Å². The Balaban J connectivity index is 1.70. The Morgan fingerprint density at radius 1 is 1.29 bits per heavy atom. The van der Waals surface area contributed by atoms with Gasteiger partial charge in [0, 0.05) is 12.2 Å². The molecule has 1 aliphatic carbocycles. The zero-order valence-electron chi connectivity index (χ0n) is 12.8. The summed E-state index contributed by atoms with van der Waals surface area (Å²) >= 11 is 0. The van der Waals surface area contributed by atoms with E-state index in [0.29, 0.717) is 25.7 Å². The number of amides is 1. The molecular weight excluding hydrogens is 264 g/mol. The maximum atomic E-state index is 11.9. The van der Waals surface area contributed by atoms with Crippen molar-refractivity contribution in [3.8, 4) is 0 Å². The van der Waals surface area contributed by atoms with Crippen molar-refractivity contribution in [1.82, 2.24) is 0 Å². The number of nitrogens with one attached hydrogen (secondary N) is 1. The smallest absolute Gasteiger partial charge is 0.226 e. The van der Waals surface area contributed by atoms with Crippen LogP contribution in [-0.4, -0.2) is 18.6 Å². The van der Waals surface area contributed by atoms with Gasteiger partial charge in [-0.05, 0) is 43.2 Å². The number of carbonyl (C=O) groups excluding carboxylic acids is 1. The van der Waals surface area contributed by atoms with Crippen molar-refractivity contribution in [3.05, 3.63) is 29.8 Å². The quantitative estimate of drug-likeness (QED) is 0.846. The summed E-state index contributed by atoms with van der Waals surface area (Å²) in [7, 11) is 0. The minimum Gasteiger partial charge on any atom is -0.378 e. The summed E-state index contributed by atoms with van der Waals surface area (Å²) in [6, 6.07) is 7.62. The number of rotatable bonds is 6. The van der Waals surface area contributed by atoms with E-state index >= 15 is 0 Å². The van der Waals surface area contributed by atoms with Gasteiger partial charge >= 0.3 is 0 Å². The van der Waals surface area contributed by atoms with E-state index in [9.17, 15) is 4.79 Å². The van der Waals surface area contributed by atoms with E-state index in [4.69, 9.17) is 10.5 Å². The summed E-state index contributed by atoms with van der Waals surface area (Å²) in [6.07, 6.45) is 5.45. The molecule has 3 N–H and O–H groups in total. The second-order valence-electron chi connectivity index (χ2n) is 5.91. The zero-order chi connectivity index (χ0) is 15.1. The summed E-state index contributed by atoms with van der Waals surface area (Å²) in [5, 5.41) is 2.91. The lowest BCUT2D eigenvalue weighted by molar-refractivity contribution is -0.117. The number of para-hydroxylation sites is 1. The van der Waals surface area contributed by atoms with Crippen molar-refractivity contribution in [2.24, 2.45) is 11.7 Å². The molecule has 0 unspecified atom stereocenters. The Bertz CT molecular complexity index is 454. The van der Waals surface area contributed by atoms with Gasteiger partial charge in [0.25, 0.3) is 0 Å². The largest absolute Gasteiger partial charge is 0.378 e. The molecule has 1 amide bonds. The molecule has 0 atom stereocenters. The summed E-state index contributed by atoms with van der Waals surface area (Å²) in [5.74, 6) is 0.806. The molecular formula is C17H26N2O2. The molecule has 0 bridgehead atoms. The van der Waals surface area contributed by atoms with Gasteiger partial charge in [0.15, 0.2) is 0 Å². The van der Waals surface area contributed by atoms with E-state index in [0.717, 1.165) is 30.0 Å². The van der Waals surface area contributed by atoms with Gasteiger partial charge in [-0.2, -0.15) is 0 Å². The predicted octanol–water partition coefficient (Wildman–Crippen LogP) is 3.07. The summed E-state index contributed by atoms with van der Waals surface area (Å²) in [6.45, 7) is 3.21. The van der Waals surface area contributed by atoms with Crippen molar-refractivity contribution in [3.63, 3.8) is 0 Å². The number of hydrogen-bond donors (Lipinski definition) is 2. The second-order valence-corrected chi connectivity index (χ2v) is 5.91. The van der Waals surface area contributed by atoms with Gasteiger partial charge in [0.05, 0.1) is 19.1 Å². The first-order valence-electron chi connectivity index (χ1n) is 7.88. The predicted molar refractivity (Wildman–Crippen MR) is 85.0 cm³/mol. The minimum absolute atomic E-state index is 0.0138. The fraction of sp³-hybridized carbons (Fsp3) is 0.588. The van der Waals surface area contributed by atoms with Crippen LogP contribution in [0.4, 0.5) is 5.69 Å². The molecule has 1 saturated carbocycles. The van der Waals surface area contributed by atoms with Crippen molar-refractivity contribution < 1.29 is 9.53 Å². The van der Waals surface area contributed by atoms with Crippen LogP contribution < -0.4 is 11.1 Å². The third kappa shape index (κ3) is 5.14. The average molecular weight is 290 g/mol. The maximum absolute atomic E-state index is 11.9. The summed E-state index contributed by atoms with van der Waals surface area (Å²) < 4.78 is 5.81. The van der Waals surface area contributed by atoms with Crippen molar-refractivity contribution in [1.29, 1.82) is 0 Å². The molecule has 21 heavy (non-hydrogen) atoms. The molecule has 0 heterocycles. The van der Waals surface area contributed by atoms with Crippen molar-refractivity contribution in [2.45, 2.75) is 51.7 Å². The number of nitrogens with two attached hydrogens (primary N) is 1. The highest BCUT2D eigenvalue weighted by Gasteiger charge is 2.18. The molecule has 1 aliphatic rings. The molecule has 1 aromatic rings. The van der Waals surface area contributed by atoms with Crippen LogP contribution in [0.2, 0.25) is 0 Å². The molecule has 4 heteroatoms. The van der Waals surface area contributed by atoms with Crippen LogP contribution in [0.1, 0.15) is 44.6 Å². The third-order valence-electron chi connectivity index (χ3n) is 4.16. The Kier molecular flexibility index (Phi) is 6.21. The minimum atomic E-state index is -0.0138. The summed E-state index contributed by atoms with van der Waals surface area (Å²) in [5.41, 5.74) is 7.41. The van der Waals surface area contributed by atoms with Crippen LogP contribution in [0.25, 0.3) is 0 Å². The molecule has 0 aliphatic heterocycles. The third-order valence-corrected chi connectivity index (χ3v) is 4.16. The first-order valence-corrected chi connectivity index (χ1v) is 7.88. The Labute approximate surface area is 127 Å². The summed E-state index contributed by atoms with van der Waals surface area (Å²) in [4.78, 5) is 11.9. The Morgan fingerprint density at radius 3 is 2.71 bits per heavy atom. The normalized spacial score (nSPS) is 22.0. The molecule has 1 aromatic carbocycles. The SMILES string of the molecule is CC1CCC(OCCC(=O)Nc2ccccc2CN)CC1. The van der Waals surface area contributed by atoms with E-state index in [1.54, 1.807) is 0 Å². The van der Waals surface area contributed by atoms with E-state index in [2.05, 4.69) is 12.2 Å². The number of ether oxygens (including phenoxy) is 1. The molecule has 1 fully saturated rings. The number of carbonyl (C=O) groups is 1. The molecule has 0 aromatic heterocycles. The fourth-order valence-electron chi connectivity index (χ4n) is 2.75. The fourth-order valence-corrected chi connectivity index (χ4v) is 2.75. The lowest BCUT2D eigenvalue weighted by Gasteiger charge is -2.26. The highest BCUT2D eigenvalue weighted by Crippen LogP contribution is 2.25. The van der Waals surface area contributed by atoms with Crippen LogP contribution in [0.5, 0.6) is 0 Å². The van der Waals surface area contributed by atoms with E-state index in [-0.39, 0.29) is 5.91 Å². The second kappa shape index (κ2) is 8.15. The molecule has 116 valence electrons. The lowest BCUT2D eigenvalue weighted by Crippen LogP contribution is -2.23. The molecule has 0 saturated heterocycles. The van der Waals surface area contributed by atoms with Crippen LogP contribution in [0.15, 0.2) is 24.3 Å². The maximum Gasteiger partial charge on any atom is 0.226 e. The van der Waals surface area contributed by atoms with Crippen molar-refractivity contribution in [2.75, 3.05) is 11.9 Å². The zero-order valence-corrected chi connectivity index (χ0v) is 12.8. The number of hydrogen-bond acceptors (Lipinski definition) is 3. The van der Waals surface area contributed by atoms with Gasteiger partial charge in [-0.25, -0.2) is 0 Å². The van der Waals surface area contributed by atoms with E-state index in [1.165, 1.54) is 12.8 Å². The Hall–Kier alpha value is -1.39. The highest BCUT2D eigenvalue weighted by molar-refractivity contribution is 5.91. The average Bonchev–Trinajstić information content (AvgIpc) is 2.50. The van der Waals surface area contributed by atoms with Crippen LogP contribution in [0, 0.1) is 5.92 Å². The van der Waals surface area contributed by atoms with Gasteiger partial charge in [-0.3, -0.25) is 4.79 Å². The number of anilines is 1. The number of benzene rings is 1. The van der Waals surface area contributed by atoms with Crippen LogP contribution >= 0.6 is 0 Å². The van der Waals surface area contributed by atoms with Gasteiger partial charge in [-0.1, -0.05) is 25.1 Å². The molecule has 0 spiro atoms.